The number of hydrogen-bond donors (Lipinski definition) is 1. The van der Waals surface area contributed by atoms with Gasteiger partial charge in [-0.3, -0.25) is 9.48 Å². The van der Waals surface area contributed by atoms with Gasteiger partial charge in [-0.05, 0) is 24.6 Å². The predicted octanol–water partition coefficient (Wildman–Crippen LogP) is 2.44. The summed E-state index contributed by atoms with van der Waals surface area (Å²) < 4.78 is 2.67. The summed E-state index contributed by atoms with van der Waals surface area (Å²) in [5.41, 5.74) is 1.94. The molecule has 0 radical (unpaired) electrons. The number of fused-ring (bicyclic) bond motifs is 1. The van der Waals surface area contributed by atoms with E-state index in [1.807, 2.05) is 37.4 Å². The van der Waals surface area contributed by atoms with E-state index in [-0.39, 0.29) is 12.5 Å². The number of benzene rings is 1. The van der Waals surface area contributed by atoms with Crippen LogP contribution in [-0.4, -0.2) is 20.7 Å². The molecule has 19 heavy (non-hydrogen) atoms. The van der Waals surface area contributed by atoms with Crippen LogP contribution in [0.25, 0.3) is 10.2 Å². The molecule has 3 aromatic rings. The molecule has 0 aliphatic carbocycles. The topological polar surface area (TPSA) is 59.8 Å². The number of nitrogens with zero attached hydrogens (tertiary/aromatic N) is 3. The highest BCUT2D eigenvalue weighted by Crippen LogP contribution is 2.25. The molecule has 0 aliphatic rings. The third kappa shape index (κ3) is 2.63. The van der Waals surface area contributed by atoms with E-state index in [9.17, 15) is 4.79 Å². The van der Waals surface area contributed by atoms with Crippen molar-refractivity contribution in [3.8, 4) is 0 Å². The zero-order valence-electron chi connectivity index (χ0n) is 10.3. The van der Waals surface area contributed by atoms with Crippen molar-refractivity contribution in [2.45, 2.75) is 13.5 Å². The molecule has 0 bridgehead atoms. The molecule has 1 amide bonds. The summed E-state index contributed by atoms with van der Waals surface area (Å²) in [4.78, 5) is 16.2. The van der Waals surface area contributed by atoms with Gasteiger partial charge in [0.05, 0.1) is 16.4 Å². The van der Waals surface area contributed by atoms with Crippen molar-refractivity contribution in [1.29, 1.82) is 0 Å². The first-order valence-electron chi connectivity index (χ1n) is 5.85. The van der Waals surface area contributed by atoms with Gasteiger partial charge in [0, 0.05) is 6.20 Å². The number of nitrogens with one attached hydrogen (secondary N) is 1. The van der Waals surface area contributed by atoms with Gasteiger partial charge in [-0.15, -0.1) is 0 Å². The van der Waals surface area contributed by atoms with Crippen molar-refractivity contribution < 1.29 is 4.79 Å². The van der Waals surface area contributed by atoms with Gasteiger partial charge >= 0.3 is 0 Å². The van der Waals surface area contributed by atoms with Gasteiger partial charge in [0.1, 0.15) is 6.54 Å². The summed E-state index contributed by atoms with van der Waals surface area (Å²) >= 11 is 1.47. The smallest absolute Gasteiger partial charge is 0.247 e. The highest BCUT2D eigenvalue weighted by molar-refractivity contribution is 7.22. The molecule has 1 aromatic carbocycles. The van der Waals surface area contributed by atoms with Crippen molar-refractivity contribution in [2.24, 2.45) is 0 Å². The van der Waals surface area contributed by atoms with Crippen LogP contribution >= 0.6 is 11.3 Å². The maximum absolute atomic E-state index is 11.9. The third-order valence-electron chi connectivity index (χ3n) is 2.61. The Morgan fingerprint density at radius 2 is 2.26 bits per heavy atom. The van der Waals surface area contributed by atoms with Crippen molar-refractivity contribution in [1.82, 2.24) is 14.8 Å². The first kappa shape index (κ1) is 11.9. The first-order chi connectivity index (χ1) is 9.20. The molecule has 0 saturated carbocycles. The van der Waals surface area contributed by atoms with Crippen LogP contribution in [0, 0.1) is 6.92 Å². The minimum absolute atomic E-state index is 0.123. The Kier molecular flexibility index (Phi) is 3.00. The van der Waals surface area contributed by atoms with Crippen LogP contribution < -0.4 is 5.32 Å². The lowest BCUT2D eigenvalue weighted by Gasteiger charge is -2.01. The van der Waals surface area contributed by atoms with Crippen LogP contribution in [0.3, 0.4) is 0 Å². The lowest BCUT2D eigenvalue weighted by molar-refractivity contribution is -0.116. The molecular weight excluding hydrogens is 260 g/mol. The Morgan fingerprint density at radius 3 is 3.00 bits per heavy atom. The zero-order chi connectivity index (χ0) is 13.2. The average Bonchev–Trinajstić information content (AvgIpc) is 2.94. The number of hydrogen-bond acceptors (Lipinski definition) is 4. The number of carbonyl (C=O) groups is 1. The Bertz CT molecular complexity index is 698. The monoisotopic (exact) mass is 272 g/mol. The molecule has 6 heteroatoms. The SMILES string of the molecule is Cc1cnn(CC(=O)Nc2nc3ccccc3s2)c1. The van der Waals surface area contributed by atoms with Crippen molar-refractivity contribution in [3.63, 3.8) is 0 Å². The normalized spacial score (nSPS) is 10.8. The summed E-state index contributed by atoms with van der Waals surface area (Å²) in [6.45, 7) is 2.14. The van der Waals surface area contributed by atoms with Crippen LogP contribution in [-0.2, 0) is 11.3 Å². The second-order valence-corrected chi connectivity index (χ2v) is 5.28. The quantitative estimate of drug-likeness (QED) is 0.796. The number of rotatable bonds is 3. The molecule has 2 heterocycles. The standard InChI is InChI=1S/C13H12N4OS/c1-9-6-14-17(7-9)8-12(18)16-13-15-10-4-2-3-5-11(10)19-13/h2-7H,8H2,1H3,(H,15,16,18). The van der Waals surface area contributed by atoms with Crippen molar-refractivity contribution in [2.75, 3.05) is 5.32 Å². The van der Waals surface area contributed by atoms with E-state index < -0.39 is 0 Å². The number of aromatic nitrogens is 3. The third-order valence-corrected chi connectivity index (χ3v) is 3.56. The minimum Gasteiger partial charge on any atom is -0.300 e. The van der Waals surface area contributed by atoms with Crippen LogP contribution in [0.4, 0.5) is 5.13 Å². The van der Waals surface area contributed by atoms with E-state index in [4.69, 9.17) is 0 Å². The second kappa shape index (κ2) is 4.81. The molecule has 3 rings (SSSR count). The van der Waals surface area contributed by atoms with E-state index in [0.717, 1.165) is 15.8 Å². The molecule has 0 fully saturated rings. The van der Waals surface area contributed by atoms with E-state index >= 15 is 0 Å². The van der Waals surface area contributed by atoms with Gasteiger partial charge in [-0.2, -0.15) is 5.10 Å². The number of para-hydroxylation sites is 1. The highest BCUT2D eigenvalue weighted by Gasteiger charge is 2.08. The Hall–Kier alpha value is -2.21. The fraction of sp³-hybridized carbons (Fsp3) is 0.154. The second-order valence-electron chi connectivity index (χ2n) is 4.25. The summed E-state index contributed by atoms with van der Waals surface area (Å²) in [6.07, 6.45) is 3.56. The van der Waals surface area contributed by atoms with Gasteiger partial charge in [0.15, 0.2) is 5.13 Å². The fourth-order valence-electron chi connectivity index (χ4n) is 1.79. The fourth-order valence-corrected chi connectivity index (χ4v) is 2.67. The number of amides is 1. The van der Waals surface area contributed by atoms with E-state index in [1.54, 1.807) is 10.9 Å². The van der Waals surface area contributed by atoms with Gasteiger partial charge in [0.2, 0.25) is 5.91 Å². The molecular formula is C13H12N4OS. The lowest BCUT2D eigenvalue weighted by Crippen LogP contribution is -2.18. The van der Waals surface area contributed by atoms with Crippen LogP contribution in [0.1, 0.15) is 5.56 Å². The Morgan fingerprint density at radius 1 is 1.42 bits per heavy atom. The van der Waals surface area contributed by atoms with Crippen LogP contribution in [0.15, 0.2) is 36.7 Å². The van der Waals surface area contributed by atoms with Gasteiger partial charge in [0.25, 0.3) is 0 Å². The largest absolute Gasteiger partial charge is 0.300 e. The molecule has 0 spiro atoms. The number of thiazole rings is 1. The van der Waals surface area contributed by atoms with Gasteiger partial charge < -0.3 is 5.32 Å². The number of carbonyl (C=O) groups excluding carboxylic acids is 1. The number of anilines is 1. The molecule has 2 aromatic heterocycles. The minimum atomic E-state index is -0.123. The number of aryl methyl sites for hydroxylation is 1. The van der Waals surface area contributed by atoms with Gasteiger partial charge in [-0.1, -0.05) is 23.5 Å². The van der Waals surface area contributed by atoms with Crippen LogP contribution in [0.2, 0.25) is 0 Å². The van der Waals surface area contributed by atoms with E-state index in [0.29, 0.717) is 5.13 Å². The molecule has 1 N–H and O–H groups in total. The van der Waals surface area contributed by atoms with Gasteiger partial charge in [-0.25, -0.2) is 4.98 Å². The van der Waals surface area contributed by atoms with E-state index in [1.165, 1.54) is 11.3 Å². The van der Waals surface area contributed by atoms with Crippen molar-refractivity contribution >= 4 is 32.6 Å². The average molecular weight is 272 g/mol. The molecule has 96 valence electrons. The molecule has 0 aliphatic heterocycles. The summed E-state index contributed by atoms with van der Waals surface area (Å²) in [7, 11) is 0. The molecule has 5 nitrogen and oxygen atoms in total. The highest BCUT2D eigenvalue weighted by atomic mass is 32.1. The maximum atomic E-state index is 11.9. The zero-order valence-corrected chi connectivity index (χ0v) is 11.1. The Labute approximate surface area is 113 Å². The Balaban J connectivity index is 1.72. The molecule has 0 saturated heterocycles. The van der Waals surface area contributed by atoms with E-state index in [2.05, 4.69) is 15.4 Å². The lowest BCUT2D eigenvalue weighted by atomic mass is 10.3. The molecule has 0 unspecified atom stereocenters. The van der Waals surface area contributed by atoms with Crippen LogP contribution in [0.5, 0.6) is 0 Å². The maximum Gasteiger partial charge on any atom is 0.247 e. The predicted molar refractivity (Wildman–Crippen MR) is 75.2 cm³/mol. The summed E-state index contributed by atoms with van der Waals surface area (Å²) in [5, 5.41) is 7.50. The van der Waals surface area contributed by atoms with Crippen molar-refractivity contribution in [3.05, 3.63) is 42.2 Å². The summed E-state index contributed by atoms with van der Waals surface area (Å²) in [6, 6.07) is 7.80. The first-order valence-corrected chi connectivity index (χ1v) is 6.67. The summed E-state index contributed by atoms with van der Waals surface area (Å²) in [5.74, 6) is -0.123. The molecule has 0 atom stereocenters.